The fourth-order valence-electron chi connectivity index (χ4n) is 3.22. The molecule has 0 heterocycles. The summed E-state index contributed by atoms with van der Waals surface area (Å²) in [6, 6.07) is 8.04. The number of esters is 2. The topological polar surface area (TPSA) is 71.1 Å². The average molecular weight is 768 g/mol. The second kappa shape index (κ2) is 15.1. The van der Waals surface area contributed by atoms with Crippen LogP contribution in [0.25, 0.3) is 0 Å². The summed E-state index contributed by atoms with van der Waals surface area (Å²) < 4.78 is 24.9. The van der Waals surface area contributed by atoms with Gasteiger partial charge in [-0.3, -0.25) is 0 Å². The van der Waals surface area contributed by atoms with Gasteiger partial charge in [-0.15, -0.1) is 0 Å². The molecule has 0 radical (unpaired) electrons. The lowest BCUT2D eigenvalue weighted by Gasteiger charge is -2.28. The molecule has 37 heavy (non-hydrogen) atoms. The van der Waals surface area contributed by atoms with E-state index in [9.17, 15) is 9.59 Å². The number of halogens is 4. The van der Waals surface area contributed by atoms with Crippen molar-refractivity contribution < 1.29 is 28.5 Å². The van der Waals surface area contributed by atoms with Crippen molar-refractivity contribution in [2.75, 3.05) is 26.4 Å². The molecule has 6 nitrogen and oxygen atoms in total. The molecule has 200 valence electrons. The van der Waals surface area contributed by atoms with Crippen LogP contribution >= 0.6 is 63.7 Å². The number of benzene rings is 2. The molecule has 0 aromatic heterocycles. The van der Waals surface area contributed by atoms with Crippen LogP contribution in [0.4, 0.5) is 0 Å². The molecular weight excluding hydrogens is 740 g/mol. The highest BCUT2D eigenvalue weighted by Gasteiger charge is 2.27. The van der Waals surface area contributed by atoms with E-state index in [1.807, 2.05) is 24.3 Å². The van der Waals surface area contributed by atoms with Gasteiger partial charge < -0.3 is 18.9 Å². The van der Waals surface area contributed by atoms with Crippen molar-refractivity contribution in [2.45, 2.75) is 33.1 Å². The lowest BCUT2D eigenvalue weighted by Crippen LogP contribution is -2.20. The molecule has 0 fully saturated rings. The van der Waals surface area contributed by atoms with Crippen molar-refractivity contribution in [1.29, 1.82) is 0 Å². The smallest absolute Gasteiger partial charge is 0.330 e. The minimum absolute atomic E-state index is 0.143. The summed E-state index contributed by atoms with van der Waals surface area (Å²) in [5, 5.41) is 0. The molecule has 0 unspecified atom stereocenters. The standard InChI is InChI=1S/C27H28Br4O6/c1-5-7-23(32)34-9-11-36-25-19(28)13-17(14-20(25)29)27(3,4)18-15-21(30)26(22(31)16-18)37-12-10-35-24(33)8-6-2/h5-8,13-16H,9-12H2,1-4H3. The number of carbonyl (C=O) groups excluding carboxylic acids is 2. The Morgan fingerprint density at radius 3 is 1.30 bits per heavy atom. The van der Waals surface area contributed by atoms with Gasteiger partial charge in [0.25, 0.3) is 0 Å². The van der Waals surface area contributed by atoms with Crippen LogP contribution in [0, 0.1) is 0 Å². The summed E-state index contributed by atoms with van der Waals surface area (Å²) in [7, 11) is 0. The molecule has 0 aliphatic carbocycles. The highest BCUT2D eigenvalue weighted by Crippen LogP contribution is 2.44. The number of rotatable bonds is 12. The molecule has 0 saturated carbocycles. The third-order valence-electron chi connectivity index (χ3n) is 5.19. The van der Waals surface area contributed by atoms with Crippen LogP contribution in [-0.4, -0.2) is 38.4 Å². The molecule has 0 saturated heterocycles. The highest BCUT2D eigenvalue weighted by atomic mass is 79.9. The summed E-state index contributed by atoms with van der Waals surface area (Å²) in [5.74, 6) is 0.455. The minimum atomic E-state index is -0.400. The number of carbonyl (C=O) groups is 2. The van der Waals surface area contributed by atoms with Crippen LogP contribution in [0.3, 0.4) is 0 Å². The van der Waals surface area contributed by atoms with Gasteiger partial charge in [0.05, 0.1) is 17.9 Å². The molecule has 2 aromatic rings. The first kappa shape index (κ1) is 31.6. The molecule has 0 N–H and O–H groups in total. The zero-order valence-electron chi connectivity index (χ0n) is 20.9. The molecule has 0 aliphatic heterocycles. The van der Waals surface area contributed by atoms with Gasteiger partial charge in [-0.25, -0.2) is 9.59 Å². The predicted molar refractivity (Wildman–Crippen MR) is 158 cm³/mol. The Kier molecular flexibility index (Phi) is 12.9. The van der Waals surface area contributed by atoms with Gasteiger partial charge in [0.1, 0.15) is 37.9 Å². The average Bonchev–Trinajstić information content (AvgIpc) is 2.82. The lowest BCUT2D eigenvalue weighted by molar-refractivity contribution is -0.139. The van der Waals surface area contributed by atoms with E-state index in [1.54, 1.807) is 26.0 Å². The van der Waals surface area contributed by atoms with Crippen LogP contribution in [-0.2, 0) is 24.5 Å². The van der Waals surface area contributed by atoms with Gasteiger partial charge in [-0.1, -0.05) is 26.0 Å². The zero-order valence-corrected chi connectivity index (χ0v) is 27.3. The Morgan fingerprint density at radius 1 is 0.676 bits per heavy atom. The monoisotopic (exact) mass is 764 g/mol. The molecular formula is C27H28Br4O6. The van der Waals surface area contributed by atoms with Crippen molar-refractivity contribution in [3.8, 4) is 11.5 Å². The number of hydrogen-bond donors (Lipinski definition) is 0. The van der Waals surface area contributed by atoms with Gasteiger partial charge in [0.2, 0.25) is 0 Å². The van der Waals surface area contributed by atoms with Gasteiger partial charge in [-0.05, 0) is 113 Å². The van der Waals surface area contributed by atoms with E-state index in [0.29, 0.717) is 11.5 Å². The third kappa shape index (κ3) is 9.26. The second-order valence-corrected chi connectivity index (χ2v) is 11.6. The molecule has 0 aliphatic rings. The van der Waals surface area contributed by atoms with Crippen LogP contribution in [0.1, 0.15) is 38.8 Å². The Balaban J connectivity index is 2.14. The highest BCUT2D eigenvalue weighted by molar-refractivity contribution is 9.11. The van der Waals surface area contributed by atoms with E-state index in [4.69, 9.17) is 18.9 Å². The largest absolute Gasteiger partial charge is 0.488 e. The Labute approximate surface area is 251 Å². The quantitative estimate of drug-likeness (QED) is 0.124. The van der Waals surface area contributed by atoms with Gasteiger partial charge in [0.15, 0.2) is 0 Å². The summed E-state index contributed by atoms with van der Waals surface area (Å²) >= 11 is 14.4. The second-order valence-electron chi connectivity index (χ2n) is 8.19. The van der Waals surface area contributed by atoms with E-state index in [2.05, 4.69) is 77.6 Å². The third-order valence-corrected chi connectivity index (χ3v) is 7.55. The maximum Gasteiger partial charge on any atom is 0.330 e. The van der Waals surface area contributed by atoms with Crippen molar-refractivity contribution in [1.82, 2.24) is 0 Å². The fourth-order valence-corrected chi connectivity index (χ4v) is 6.06. The molecule has 0 amide bonds. The summed E-state index contributed by atoms with van der Waals surface area (Å²) in [4.78, 5) is 22.9. The van der Waals surface area contributed by atoms with E-state index in [0.717, 1.165) is 29.0 Å². The first-order valence-electron chi connectivity index (χ1n) is 11.3. The Bertz CT molecular complexity index is 1040. The maximum absolute atomic E-state index is 11.4. The lowest BCUT2D eigenvalue weighted by atomic mass is 9.78. The van der Waals surface area contributed by atoms with Gasteiger partial charge in [0, 0.05) is 17.6 Å². The molecule has 0 spiro atoms. The molecule has 0 atom stereocenters. The summed E-state index contributed by atoms with van der Waals surface area (Å²) in [6.45, 7) is 8.48. The number of hydrogen-bond acceptors (Lipinski definition) is 6. The number of ether oxygens (including phenoxy) is 4. The van der Waals surface area contributed by atoms with Crippen molar-refractivity contribution in [2.24, 2.45) is 0 Å². The minimum Gasteiger partial charge on any atom is -0.488 e. The molecule has 0 bridgehead atoms. The molecule has 2 aromatic carbocycles. The van der Waals surface area contributed by atoms with Gasteiger partial charge in [-0.2, -0.15) is 0 Å². The van der Waals surface area contributed by atoms with E-state index in [-0.39, 0.29) is 31.8 Å². The Morgan fingerprint density at radius 2 is 1.00 bits per heavy atom. The van der Waals surface area contributed by atoms with E-state index >= 15 is 0 Å². The Hall–Kier alpha value is -1.62. The first-order valence-corrected chi connectivity index (χ1v) is 14.5. The summed E-state index contributed by atoms with van der Waals surface area (Å²) in [5.41, 5.74) is 1.71. The van der Waals surface area contributed by atoms with Crippen LogP contribution in [0.15, 0.2) is 66.5 Å². The maximum atomic E-state index is 11.4. The van der Waals surface area contributed by atoms with Crippen LogP contribution < -0.4 is 9.47 Å². The van der Waals surface area contributed by atoms with Crippen molar-refractivity contribution >= 4 is 75.7 Å². The predicted octanol–water partition coefficient (Wildman–Crippen LogP) is 8.06. The normalized spacial score (nSPS) is 11.7. The zero-order chi connectivity index (χ0) is 27.6. The fraction of sp³-hybridized carbons (Fsp3) is 0.333. The van der Waals surface area contributed by atoms with Gasteiger partial charge >= 0.3 is 11.9 Å². The SMILES string of the molecule is CC=CC(=O)OCCOc1c(Br)cc(C(C)(C)c2cc(Br)c(OCCOC(=O)C=CC)c(Br)c2)cc1Br. The van der Waals surface area contributed by atoms with Crippen molar-refractivity contribution in [3.63, 3.8) is 0 Å². The number of allylic oxidation sites excluding steroid dienone is 2. The first-order chi connectivity index (χ1) is 17.5. The summed E-state index contributed by atoms with van der Waals surface area (Å²) in [6.07, 6.45) is 5.97. The van der Waals surface area contributed by atoms with Crippen LogP contribution in [0.5, 0.6) is 11.5 Å². The van der Waals surface area contributed by atoms with E-state index < -0.39 is 11.9 Å². The van der Waals surface area contributed by atoms with Crippen molar-refractivity contribution in [3.05, 3.63) is 77.6 Å². The van der Waals surface area contributed by atoms with E-state index in [1.165, 1.54) is 12.2 Å². The molecule has 2 rings (SSSR count). The molecule has 10 heteroatoms. The van der Waals surface area contributed by atoms with Crippen LogP contribution in [0.2, 0.25) is 0 Å².